The molecule has 1 aromatic heterocycles. The first-order valence-corrected chi connectivity index (χ1v) is 9.18. The quantitative estimate of drug-likeness (QED) is 0.842. The maximum absolute atomic E-state index is 13.1. The lowest BCUT2D eigenvalue weighted by Gasteiger charge is -2.37. The number of piperazine rings is 1. The number of fused-ring (bicyclic) bond motifs is 1. The number of carbonyl (C=O) groups is 1. The van der Waals surface area contributed by atoms with Gasteiger partial charge in [-0.2, -0.15) is 5.10 Å². The van der Waals surface area contributed by atoms with Crippen LogP contribution >= 0.6 is 0 Å². The van der Waals surface area contributed by atoms with Crippen LogP contribution in [0.3, 0.4) is 0 Å². The van der Waals surface area contributed by atoms with Crippen molar-refractivity contribution in [1.82, 2.24) is 14.7 Å². The van der Waals surface area contributed by atoms with Gasteiger partial charge in [-0.15, -0.1) is 0 Å². The second-order valence-electron chi connectivity index (χ2n) is 6.99. The summed E-state index contributed by atoms with van der Waals surface area (Å²) in [4.78, 5) is 19.0. The fourth-order valence-corrected chi connectivity index (χ4v) is 3.77. The van der Waals surface area contributed by atoms with E-state index in [9.17, 15) is 9.18 Å². The number of nitrogens with zero attached hydrogens (tertiary/aromatic N) is 5. The van der Waals surface area contributed by atoms with E-state index < -0.39 is 0 Å². The molecule has 3 heterocycles. The fraction of sp³-hybridized carbons (Fsp3) is 0.474. The Morgan fingerprint density at radius 1 is 1.08 bits per heavy atom. The fourth-order valence-electron chi connectivity index (χ4n) is 3.77. The normalized spacial score (nSPS) is 17.4. The van der Waals surface area contributed by atoms with Crippen molar-refractivity contribution >= 4 is 17.4 Å². The highest BCUT2D eigenvalue weighted by Gasteiger charge is 2.25. The molecule has 2 aromatic rings. The first-order valence-electron chi connectivity index (χ1n) is 9.18. The molecule has 138 valence electrons. The third-order valence-electron chi connectivity index (χ3n) is 5.15. The highest BCUT2D eigenvalue weighted by Crippen LogP contribution is 2.22. The highest BCUT2D eigenvalue weighted by molar-refractivity contribution is 5.81. The lowest BCUT2D eigenvalue weighted by Crippen LogP contribution is -2.52. The largest absolute Gasteiger partial charge is 0.368 e. The Morgan fingerprint density at radius 3 is 2.54 bits per heavy atom. The molecule has 7 heteroatoms. The third-order valence-corrected chi connectivity index (χ3v) is 5.15. The van der Waals surface area contributed by atoms with Gasteiger partial charge in [-0.1, -0.05) is 0 Å². The van der Waals surface area contributed by atoms with Crippen LogP contribution in [0.4, 0.5) is 15.9 Å². The molecular formula is C19H24FN5O. The number of carbonyl (C=O) groups excluding carboxylic acids is 1. The number of hydrogen-bond acceptors (Lipinski definition) is 4. The molecule has 0 N–H and O–H groups in total. The van der Waals surface area contributed by atoms with Gasteiger partial charge in [-0.25, -0.2) is 9.07 Å². The van der Waals surface area contributed by atoms with Crippen LogP contribution in [0, 0.1) is 12.7 Å². The van der Waals surface area contributed by atoms with Crippen molar-refractivity contribution in [2.24, 2.45) is 0 Å². The van der Waals surface area contributed by atoms with Crippen molar-refractivity contribution in [3.63, 3.8) is 0 Å². The molecule has 0 atom stereocenters. The van der Waals surface area contributed by atoms with Gasteiger partial charge >= 0.3 is 0 Å². The topological polar surface area (TPSA) is 44.6 Å². The molecule has 2 aliphatic heterocycles. The number of aryl methyl sites for hydroxylation is 2. The predicted molar refractivity (Wildman–Crippen MR) is 99.0 cm³/mol. The zero-order valence-electron chi connectivity index (χ0n) is 15.1. The highest BCUT2D eigenvalue weighted by atomic mass is 19.1. The summed E-state index contributed by atoms with van der Waals surface area (Å²) in [5.41, 5.74) is 2.00. The van der Waals surface area contributed by atoms with E-state index in [0.29, 0.717) is 19.6 Å². The lowest BCUT2D eigenvalue weighted by molar-refractivity contribution is -0.130. The summed E-state index contributed by atoms with van der Waals surface area (Å²) in [7, 11) is 0. The molecule has 26 heavy (non-hydrogen) atoms. The Bertz CT molecular complexity index is 780. The van der Waals surface area contributed by atoms with Crippen LogP contribution < -0.4 is 9.80 Å². The Balaban J connectivity index is 1.35. The van der Waals surface area contributed by atoms with E-state index in [2.05, 4.69) is 21.0 Å². The van der Waals surface area contributed by atoms with Crippen molar-refractivity contribution in [3.05, 3.63) is 41.8 Å². The van der Waals surface area contributed by atoms with Crippen molar-refractivity contribution < 1.29 is 9.18 Å². The number of rotatable bonds is 3. The summed E-state index contributed by atoms with van der Waals surface area (Å²) in [5.74, 6) is 0.988. The van der Waals surface area contributed by atoms with E-state index in [4.69, 9.17) is 0 Å². The zero-order chi connectivity index (χ0) is 18.1. The smallest absolute Gasteiger partial charge is 0.242 e. The number of anilines is 2. The summed E-state index contributed by atoms with van der Waals surface area (Å²) in [6.45, 7) is 7.14. The first-order chi connectivity index (χ1) is 12.6. The van der Waals surface area contributed by atoms with Crippen LogP contribution in [0.1, 0.15) is 12.1 Å². The van der Waals surface area contributed by atoms with Crippen molar-refractivity contribution in [2.45, 2.75) is 19.9 Å². The average Bonchev–Trinajstić information content (AvgIpc) is 3.04. The lowest BCUT2D eigenvalue weighted by atomic mass is 10.2. The van der Waals surface area contributed by atoms with Gasteiger partial charge < -0.3 is 14.7 Å². The summed E-state index contributed by atoms with van der Waals surface area (Å²) in [6.07, 6.45) is 1.01. The summed E-state index contributed by atoms with van der Waals surface area (Å²) in [6, 6.07) is 8.61. The molecule has 0 aliphatic carbocycles. The van der Waals surface area contributed by atoms with Gasteiger partial charge in [0.05, 0.1) is 12.2 Å². The minimum atomic E-state index is -0.224. The van der Waals surface area contributed by atoms with E-state index in [1.165, 1.54) is 12.1 Å². The molecule has 1 amide bonds. The van der Waals surface area contributed by atoms with Crippen molar-refractivity contribution in [2.75, 3.05) is 49.1 Å². The molecule has 1 fully saturated rings. The molecule has 0 saturated carbocycles. The molecule has 0 unspecified atom stereocenters. The predicted octanol–water partition coefficient (Wildman–Crippen LogP) is 1.89. The molecule has 4 rings (SSSR count). The van der Waals surface area contributed by atoms with Gasteiger partial charge in [-0.3, -0.25) is 4.79 Å². The number of amides is 1. The van der Waals surface area contributed by atoms with Gasteiger partial charge in [-0.05, 0) is 37.6 Å². The van der Waals surface area contributed by atoms with E-state index in [1.807, 2.05) is 16.5 Å². The van der Waals surface area contributed by atoms with Crippen LogP contribution in [0.2, 0.25) is 0 Å². The minimum absolute atomic E-state index is 0.163. The zero-order valence-corrected chi connectivity index (χ0v) is 15.1. The third kappa shape index (κ3) is 3.38. The summed E-state index contributed by atoms with van der Waals surface area (Å²) in [5, 5.41) is 4.49. The van der Waals surface area contributed by atoms with Crippen molar-refractivity contribution in [1.29, 1.82) is 0 Å². The standard InChI is InChI=1S/C19H24FN5O/c1-15-13-18-24(7-2-8-25(18)21-15)14-19(26)23-11-9-22(10-12-23)17-5-3-16(20)4-6-17/h3-6,13H,2,7-12,14H2,1H3. The molecule has 0 bridgehead atoms. The van der Waals surface area contributed by atoms with E-state index >= 15 is 0 Å². The van der Waals surface area contributed by atoms with Crippen LogP contribution in [0.15, 0.2) is 30.3 Å². The molecule has 0 radical (unpaired) electrons. The Hall–Kier alpha value is -2.57. The Morgan fingerprint density at radius 2 is 1.81 bits per heavy atom. The van der Waals surface area contributed by atoms with Crippen molar-refractivity contribution in [3.8, 4) is 0 Å². The first kappa shape index (κ1) is 16.9. The summed E-state index contributed by atoms with van der Waals surface area (Å²) < 4.78 is 15.1. The number of aromatic nitrogens is 2. The van der Waals surface area contributed by atoms with E-state index in [0.717, 1.165) is 49.8 Å². The van der Waals surface area contributed by atoms with Gasteiger partial charge in [0.25, 0.3) is 0 Å². The maximum Gasteiger partial charge on any atom is 0.242 e. The second-order valence-corrected chi connectivity index (χ2v) is 6.99. The summed E-state index contributed by atoms with van der Waals surface area (Å²) >= 11 is 0. The van der Waals surface area contributed by atoms with Crippen LogP contribution in [0.25, 0.3) is 0 Å². The van der Waals surface area contributed by atoms with E-state index in [1.54, 1.807) is 12.1 Å². The Kier molecular flexibility index (Phi) is 4.53. The SMILES string of the molecule is Cc1cc2n(n1)CCCN2CC(=O)N1CCN(c2ccc(F)cc2)CC1. The monoisotopic (exact) mass is 357 g/mol. The molecule has 1 saturated heterocycles. The van der Waals surface area contributed by atoms with Gasteiger partial charge in [0.2, 0.25) is 5.91 Å². The average molecular weight is 357 g/mol. The van der Waals surface area contributed by atoms with Crippen LogP contribution in [-0.4, -0.2) is 59.9 Å². The molecule has 6 nitrogen and oxygen atoms in total. The number of halogens is 1. The Labute approximate surface area is 152 Å². The maximum atomic E-state index is 13.1. The molecular weight excluding hydrogens is 333 g/mol. The van der Waals surface area contributed by atoms with Crippen LogP contribution in [0.5, 0.6) is 0 Å². The number of hydrogen-bond donors (Lipinski definition) is 0. The minimum Gasteiger partial charge on any atom is -0.368 e. The van der Waals surface area contributed by atoms with Gasteiger partial charge in [0.15, 0.2) is 0 Å². The molecule has 2 aliphatic rings. The molecule has 1 aromatic carbocycles. The number of benzene rings is 1. The van der Waals surface area contributed by atoms with E-state index in [-0.39, 0.29) is 11.7 Å². The van der Waals surface area contributed by atoms with Gasteiger partial charge in [0, 0.05) is 51.0 Å². The van der Waals surface area contributed by atoms with Crippen LogP contribution in [-0.2, 0) is 11.3 Å². The molecule has 0 spiro atoms. The van der Waals surface area contributed by atoms with Gasteiger partial charge in [0.1, 0.15) is 11.6 Å². The second kappa shape index (κ2) is 6.97.